The Labute approximate surface area is 168 Å². The molecule has 0 atom stereocenters. The third-order valence-corrected chi connectivity index (χ3v) is 7.33. The van der Waals surface area contributed by atoms with E-state index in [-0.39, 0.29) is 33.3 Å². The van der Waals surface area contributed by atoms with Crippen molar-refractivity contribution in [2.75, 3.05) is 24.4 Å². The van der Waals surface area contributed by atoms with Crippen molar-refractivity contribution in [1.82, 2.24) is 4.90 Å². The van der Waals surface area contributed by atoms with Crippen LogP contribution in [0.2, 0.25) is 0 Å². The van der Waals surface area contributed by atoms with Gasteiger partial charge in [-0.3, -0.25) is 14.3 Å². The number of thiophene rings is 1. The predicted molar refractivity (Wildman–Crippen MR) is 107 cm³/mol. The van der Waals surface area contributed by atoms with E-state index in [1.807, 2.05) is 0 Å². The molecule has 1 N–H and O–H groups in total. The Morgan fingerprint density at radius 1 is 1.18 bits per heavy atom. The Morgan fingerprint density at radius 2 is 1.89 bits per heavy atom. The largest absolute Gasteiger partial charge is 0.466 e. The molecule has 0 unspecified atom stereocenters. The van der Waals surface area contributed by atoms with Gasteiger partial charge in [-0.05, 0) is 43.3 Å². The average Bonchev–Trinajstić information content (AvgIpc) is 3.24. The minimum Gasteiger partial charge on any atom is -0.466 e. The Bertz CT molecular complexity index is 933. The molecule has 1 fully saturated rings. The quantitative estimate of drug-likeness (QED) is 0.723. The van der Waals surface area contributed by atoms with Gasteiger partial charge in [0.1, 0.15) is 4.21 Å². The van der Waals surface area contributed by atoms with Crippen molar-refractivity contribution in [3.63, 3.8) is 0 Å². The molecule has 7 nitrogen and oxygen atoms in total. The fourth-order valence-electron chi connectivity index (χ4n) is 3.12. The standard InChI is InChI=1S/C19H22N2O5S2/c1-2-26-19(23)14-9-11-21(12-10-14)18(22)15-6-3-4-7-16(15)20-28(24,25)17-8-5-13-27-17/h3-8,13-14,20H,2,9-12H2,1H3. The molecule has 2 heterocycles. The fraction of sp³-hybridized carbons (Fsp3) is 0.368. The van der Waals surface area contributed by atoms with Gasteiger partial charge in [0.25, 0.3) is 15.9 Å². The summed E-state index contributed by atoms with van der Waals surface area (Å²) >= 11 is 1.11. The number of benzene rings is 1. The molecule has 0 saturated carbocycles. The maximum atomic E-state index is 13.0. The van der Waals surface area contributed by atoms with Crippen LogP contribution in [0.1, 0.15) is 30.1 Å². The first kappa shape index (κ1) is 20.3. The van der Waals surface area contributed by atoms with Gasteiger partial charge in [0, 0.05) is 13.1 Å². The van der Waals surface area contributed by atoms with Gasteiger partial charge in [-0.2, -0.15) is 0 Å². The number of anilines is 1. The number of carbonyl (C=O) groups is 2. The van der Waals surface area contributed by atoms with Gasteiger partial charge in [0.15, 0.2) is 0 Å². The topological polar surface area (TPSA) is 92.8 Å². The molecule has 0 radical (unpaired) electrons. The first-order chi connectivity index (χ1) is 13.4. The Hall–Kier alpha value is -2.39. The van der Waals surface area contributed by atoms with E-state index in [2.05, 4.69) is 4.72 Å². The number of piperidine rings is 1. The number of likely N-dealkylation sites (tertiary alicyclic amines) is 1. The summed E-state index contributed by atoms with van der Waals surface area (Å²) in [4.78, 5) is 26.5. The van der Waals surface area contributed by atoms with Gasteiger partial charge in [0.2, 0.25) is 0 Å². The highest BCUT2D eigenvalue weighted by Gasteiger charge is 2.30. The first-order valence-electron chi connectivity index (χ1n) is 9.03. The second-order valence-corrected chi connectivity index (χ2v) is 9.26. The summed E-state index contributed by atoms with van der Waals surface area (Å²) in [5.41, 5.74) is 0.533. The zero-order chi connectivity index (χ0) is 20.1. The van der Waals surface area contributed by atoms with Crippen molar-refractivity contribution >= 4 is 38.9 Å². The molecular weight excluding hydrogens is 400 g/mol. The van der Waals surface area contributed by atoms with Crippen LogP contribution in [0, 0.1) is 5.92 Å². The van der Waals surface area contributed by atoms with E-state index in [9.17, 15) is 18.0 Å². The molecule has 1 aromatic heterocycles. The highest BCUT2D eigenvalue weighted by Crippen LogP contribution is 2.26. The molecule has 150 valence electrons. The number of carbonyl (C=O) groups excluding carboxylic acids is 2. The van der Waals surface area contributed by atoms with E-state index in [0.717, 1.165) is 11.3 Å². The number of hydrogen-bond donors (Lipinski definition) is 1. The van der Waals surface area contributed by atoms with Gasteiger partial charge in [0.05, 0.1) is 23.8 Å². The molecule has 1 aliphatic rings. The maximum Gasteiger partial charge on any atom is 0.309 e. The van der Waals surface area contributed by atoms with Crippen LogP contribution in [0.5, 0.6) is 0 Å². The van der Waals surface area contributed by atoms with Gasteiger partial charge in [-0.15, -0.1) is 11.3 Å². The van der Waals surface area contributed by atoms with E-state index < -0.39 is 10.0 Å². The molecule has 0 bridgehead atoms. The predicted octanol–water partition coefficient (Wildman–Crippen LogP) is 2.96. The molecule has 1 aromatic carbocycles. The number of amides is 1. The third-order valence-electron chi connectivity index (χ3n) is 4.56. The third kappa shape index (κ3) is 4.53. The van der Waals surface area contributed by atoms with Crippen molar-refractivity contribution in [3.05, 3.63) is 47.3 Å². The minimum absolute atomic E-state index is 0.185. The molecular formula is C19H22N2O5S2. The molecule has 1 amide bonds. The summed E-state index contributed by atoms with van der Waals surface area (Å²) in [6.07, 6.45) is 1.07. The van der Waals surface area contributed by atoms with Crippen LogP contribution in [-0.2, 0) is 19.6 Å². The number of para-hydroxylation sites is 1. The van der Waals surface area contributed by atoms with Crippen LogP contribution >= 0.6 is 11.3 Å². The monoisotopic (exact) mass is 422 g/mol. The Kier molecular flexibility index (Phi) is 6.35. The number of esters is 1. The molecule has 0 spiro atoms. The first-order valence-corrected chi connectivity index (χ1v) is 11.4. The number of hydrogen-bond acceptors (Lipinski definition) is 6. The van der Waals surface area contributed by atoms with Crippen molar-refractivity contribution in [2.24, 2.45) is 5.92 Å². The van der Waals surface area contributed by atoms with E-state index >= 15 is 0 Å². The van der Waals surface area contributed by atoms with Crippen LogP contribution in [0.15, 0.2) is 46.0 Å². The molecule has 2 aromatic rings. The SMILES string of the molecule is CCOC(=O)C1CCN(C(=O)c2ccccc2NS(=O)(=O)c2cccs2)CC1. The van der Waals surface area contributed by atoms with Gasteiger partial charge in [-0.1, -0.05) is 18.2 Å². The molecule has 9 heteroatoms. The lowest BCUT2D eigenvalue weighted by Crippen LogP contribution is -2.41. The van der Waals surface area contributed by atoms with E-state index in [0.29, 0.717) is 32.5 Å². The number of sulfonamides is 1. The highest BCUT2D eigenvalue weighted by molar-refractivity contribution is 7.94. The summed E-state index contributed by atoms with van der Waals surface area (Å²) < 4.78 is 32.8. The van der Waals surface area contributed by atoms with Crippen molar-refractivity contribution in [1.29, 1.82) is 0 Å². The lowest BCUT2D eigenvalue weighted by molar-refractivity contribution is -0.149. The molecule has 1 saturated heterocycles. The minimum atomic E-state index is -3.75. The Balaban J connectivity index is 1.73. The normalized spacial score (nSPS) is 15.2. The summed E-state index contributed by atoms with van der Waals surface area (Å²) in [6.45, 7) is 2.96. The van der Waals surface area contributed by atoms with E-state index in [1.165, 1.54) is 6.07 Å². The zero-order valence-electron chi connectivity index (χ0n) is 15.5. The van der Waals surface area contributed by atoms with Crippen LogP contribution in [0.4, 0.5) is 5.69 Å². The molecule has 1 aliphatic heterocycles. The highest BCUT2D eigenvalue weighted by atomic mass is 32.2. The van der Waals surface area contributed by atoms with Crippen molar-refractivity contribution in [2.45, 2.75) is 24.0 Å². The van der Waals surface area contributed by atoms with Gasteiger partial charge < -0.3 is 9.64 Å². The fourth-order valence-corrected chi connectivity index (χ4v) is 5.19. The second-order valence-electron chi connectivity index (χ2n) is 6.40. The summed E-state index contributed by atoms with van der Waals surface area (Å²) in [5, 5.41) is 1.68. The lowest BCUT2D eigenvalue weighted by Gasteiger charge is -2.31. The number of nitrogens with zero attached hydrogens (tertiary/aromatic N) is 1. The van der Waals surface area contributed by atoms with Gasteiger partial charge in [-0.25, -0.2) is 8.42 Å². The van der Waals surface area contributed by atoms with Crippen molar-refractivity contribution < 1.29 is 22.7 Å². The van der Waals surface area contributed by atoms with E-state index in [4.69, 9.17) is 4.74 Å². The van der Waals surface area contributed by atoms with Gasteiger partial charge >= 0.3 is 5.97 Å². The van der Waals surface area contributed by atoms with Crippen LogP contribution in [0.25, 0.3) is 0 Å². The van der Waals surface area contributed by atoms with Crippen LogP contribution < -0.4 is 4.72 Å². The summed E-state index contributed by atoms with van der Waals surface area (Å²) in [6, 6.07) is 9.72. The summed E-state index contributed by atoms with van der Waals surface area (Å²) in [5.74, 6) is -0.679. The lowest BCUT2D eigenvalue weighted by atomic mass is 9.96. The number of nitrogens with one attached hydrogen (secondary N) is 1. The molecule has 28 heavy (non-hydrogen) atoms. The molecule has 3 rings (SSSR count). The smallest absolute Gasteiger partial charge is 0.309 e. The van der Waals surface area contributed by atoms with Crippen LogP contribution in [0.3, 0.4) is 0 Å². The van der Waals surface area contributed by atoms with Crippen molar-refractivity contribution in [3.8, 4) is 0 Å². The average molecular weight is 423 g/mol. The second kappa shape index (κ2) is 8.74. The number of ether oxygens (including phenoxy) is 1. The van der Waals surface area contributed by atoms with Crippen LogP contribution in [-0.4, -0.2) is 44.9 Å². The zero-order valence-corrected chi connectivity index (χ0v) is 17.1. The molecule has 0 aliphatic carbocycles. The maximum absolute atomic E-state index is 13.0. The van der Waals surface area contributed by atoms with E-state index in [1.54, 1.807) is 47.5 Å². The summed E-state index contributed by atoms with van der Waals surface area (Å²) in [7, 11) is -3.75. The Morgan fingerprint density at radius 3 is 2.54 bits per heavy atom. The number of rotatable bonds is 6.